The molecule has 0 aliphatic heterocycles. The number of methoxy groups -OCH3 is 1. The molecule has 0 atom stereocenters. The molecule has 0 spiro atoms. The van der Waals surface area contributed by atoms with E-state index in [1.165, 1.54) is 14.0 Å². The molecule has 0 saturated carbocycles. The number of hydrogen-bond donors (Lipinski definition) is 2. The molecule has 0 aromatic heterocycles. The largest absolute Gasteiger partial charge is 0.495 e. The maximum absolute atomic E-state index is 12.1. The summed E-state index contributed by atoms with van der Waals surface area (Å²) >= 11 is 6.01. The first-order chi connectivity index (χ1) is 11.8. The maximum atomic E-state index is 12.1. The van der Waals surface area contributed by atoms with Gasteiger partial charge in [0, 0.05) is 22.3 Å². The lowest BCUT2D eigenvalue weighted by Crippen LogP contribution is -2.29. The van der Waals surface area contributed by atoms with Crippen LogP contribution in [0.5, 0.6) is 5.75 Å². The van der Waals surface area contributed by atoms with E-state index in [0.717, 1.165) is 5.56 Å². The van der Waals surface area contributed by atoms with E-state index in [4.69, 9.17) is 16.3 Å². The standard InChI is InChI=1S/C18H17ClN2O4/c1-10-8-15(16(25-3)9-14(10)19)21-18(24)17(23)20-13-6-4-12(5-7-13)11(2)22/h4-9H,1-3H3,(H,20,23)(H,21,24). The Balaban J connectivity index is 2.09. The average Bonchev–Trinajstić information content (AvgIpc) is 2.58. The quantitative estimate of drug-likeness (QED) is 0.646. The van der Waals surface area contributed by atoms with Gasteiger partial charge in [-0.25, -0.2) is 0 Å². The predicted octanol–water partition coefficient (Wildman–Crippen LogP) is 3.44. The average molecular weight is 361 g/mol. The van der Waals surface area contributed by atoms with Gasteiger partial charge in [0.05, 0.1) is 12.8 Å². The van der Waals surface area contributed by atoms with E-state index >= 15 is 0 Å². The molecule has 0 heterocycles. The van der Waals surface area contributed by atoms with Crippen molar-refractivity contribution in [1.82, 2.24) is 0 Å². The highest BCUT2D eigenvalue weighted by Gasteiger charge is 2.17. The molecule has 0 fully saturated rings. The lowest BCUT2D eigenvalue weighted by atomic mass is 10.1. The minimum absolute atomic E-state index is 0.0826. The van der Waals surface area contributed by atoms with Crippen LogP contribution < -0.4 is 15.4 Å². The number of ether oxygens (including phenoxy) is 1. The summed E-state index contributed by atoms with van der Waals surface area (Å²) in [6, 6.07) is 9.42. The van der Waals surface area contributed by atoms with E-state index in [1.807, 2.05) is 0 Å². The van der Waals surface area contributed by atoms with Gasteiger partial charge in [0.1, 0.15) is 5.75 Å². The third-order valence-electron chi connectivity index (χ3n) is 3.48. The van der Waals surface area contributed by atoms with Gasteiger partial charge in [-0.3, -0.25) is 14.4 Å². The number of anilines is 2. The van der Waals surface area contributed by atoms with Crippen LogP contribution in [0, 0.1) is 6.92 Å². The van der Waals surface area contributed by atoms with Crippen LogP contribution in [0.2, 0.25) is 5.02 Å². The molecule has 0 radical (unpaired) electrons. The molecule has 2 rings (SSSR count). The van der Waals surface area contributed by atoms with Crippen molar-refractivity contribution in [3.05, 3.63) is 52.5 Å². The zero-order valence-corrected chi connectivity index (χ0v) is 14.7. The summed E-state index contributed by atoms with van der Waals surface area (Å²) in [5.74, 6) is -1.43. The zero-order chi connectivity index (χ0) is 18.6. The molecular formula is C18H17ClN2O4. The second-order valence-electron chi connectivity index (χ2n) is 5.34. The Bertz CT molecular complexity index is 832. The first kappa shape index (κ1) is 18.5. The van der Waals surface area contributed by atoms with Gasteiger partial charge in [-0.15, -0.1) is 0 Å². The van der Waals surface area contributed by atoms with Crippen LogP contribution in [-0.2, 0) is 9.59 Å². The summed E-state index contributed by atoms with van der Waals surface area (Å²) in [4.78, 5) is 35.4. The topological polar surface area (TPSA) is 84.5 Å². The van der Waals surface area contributed by atoms with Gasteiger partial charge in [0.25, 0.3) is 0 Å². The number of amides is 2. The Morgan fingerprint density at radius 3 is 2.16 bits per heavy atom. The van der Waals surface area contributed by atoms with E-state index in [0.29, 0.717) is 27.7 Å². The fourth-order valence-electron chi connectivity index (χ4n) is 2.09. The Kier molecular flexibility index (Phi) is 5.77. The highest BCUT2D eigenvalue weighted by Crippen LogP contribution is 2.30. The van der Waals surface area contributed by atoms with Crippen LogP contribution in [0.1, 0.15) is 22.8 Å². The van der Waals surface area contributed by atoms with Gasteiger partial charge in [0.15, 0.2) is 5.78 Å². The smallest absolute Gasteiger partial charge is 0.314 e. The zero-order valence-electron chi connectivity index (χ0n) is 14.0. The minimum Gasteiger partial charge on any atom is -0.495 e. The molecule has 2 N–H and O–H groups in total. The van der Waals surface area contributed by atoms with E-state index < -0.39 is 11.8 Å². The summed E-state index contributed by atoms with van der Waals surface area (Å²) in [5, 5.41) is 5.44. The number of halogens is 1. The molecule has 2 amide bonds. The van der Waals surface area contributed by atoms with Crippen molar-refractivity contribution in [3.63, 3.8) is 0 Å². The molecule has 7 heteroatoms. The number of carbonyl (C=O) groups excluding carboxylic acids is 3. The van der Waals surface area contributed by atoms with Crippen LogP contribution >= 0.6 is 11.6 Å². The molecule has 0 unspecified atom stereocenters. The van der Waals surface area contributed by atoms with Gasteiger partial charge in [-0.1, -0.05) is 11.6 Å². The van der Waals surface area contributed by atoms with Gasteiger partial charge in [0.2, 0.25) is 0 Å². The highest BCUT2D eigenvalue weighted by atomic mass is 35.5. The van der Waals surface area contributed by atoms with Crippen molar-refractivity contribution in [1.29, 1.82) is 0 Å². The number of benzene rings is 2. The molecule has 130 valence electrons. The van der Waals surface area contributed by atoms with Crippen LogP contribution in [0.3, 0.4) is 0 Å². The highest BCUT2D eigenvalue weighted by molar-refractivity contribution is 6.43. The van der Waals surface area contributed by atoms with Gasteiger partial charge < -0.3 is 15.4 Å². The first-order valence-corrected chi connectivity index (χ1v) is 7.77. The molecule has 0 aliphatic rings. The van der Waals surface area contributed by atoms with E-state index in [9.17, 15) is 14.4 Å². The summed E-state index contributed by atoms with van der Waals surface area (Å²) < 4.78 is 5.15. The molecule has 0 aliphatic carbocycles. The Hall–Kier alpha value is -2.86. The lowest BCUT2D eigenvalue weighted by Gasteiger charge is -2.12. The Morgan fingerprint density at radius 1 is 1.00 bits per heavy atom. The number of carbonyl (C=O) groups is 3. The van der Waals surface area contributed by atoms with Crippen molar-refractivity contribution >= 4 is 40.6 Å². The van der Waals surface area contributed by atoms with E-state index in [1.54, 1.807) is 43.3 Å². The normalized spacial score (nSPS) is 10.1. The Morgan fingerprint density at radius 2 is 1.60 bits per heavy atom. The summed E-state index contributed by atoms with van der Waals surface area (Å²) in [5.41, 5.74) is 2.00. The second-order valence-corrected chi connectivity index (χ2v) is 5.75. The van der Waals surface area contributed by atoms with Crippen molar-refractivity contribution in [2.45, 2.75) is 13.8 Å². The second kappa shape index (κ2) is 7.81. The minimum atomic E-state index is -0.851. The van der Waals surface area contributed by atoms with Crippen molar-refractivity contribution < 1.29 is 19.1 Å². The number of Topliss-reactive ketones (excluding diaryl/α,β-unsaturated/α-hetero) is 1. The first-order valence-electron chi connectivity index (χ1n) is 7.39. The summed E-state index contributed by atoms with van der Waals surface area (Å²) in [6.07, 6.45) is 0. The molecular weight excluding hydrogens is 344 g/mol. The van der Waals surface area contributed by atoms with Gasteiger partial charge in [-0.05, 0) is 49.7 Å². The monoisotopic (exact) mass is 360 g/mol. The fourth-order valence-corrected chi connectivity index (χ4v) is 2.24. The summed E-state index contributed by atoms with van der Waals surface area (Å²) in [7, 11) is 1.44. The van der Waals surface area contributed by atoms with Crippen molar-refractivity contribution in [2.24, 2.45) is 0 Å². The van der Waals surface area contributed by atoms with Crippen molar-refractivity contribution in [3.8, 4) is 5.75 Å². The molecule has 25 heavy (non-hydrogen) atoms. The number of ketones is 1. The number of hydrogen-bond acceptors (Lipinski definition) is 4. The number of rotatable bonds is 4. The third kappa shape index (κ3) is 4.58. The lowest BCUT2D eigenvalue weighted by molar-refractivity contribution is -0.133. The SMILES string of the molecule is COc1cc(Cl)c(C)cc1NC(=O)C(=O)Nc1ccc(C(C)=O)cc1. The number of aryl methyl sites for hydroxylation is 1. The van der Waals surface area contributed by atoms with Crippen LogP contribution in [0.25, 0.3) is 0 Å². The van der Waals surface area contributed by atoms with Crippen LogP contribution in [0.4, 0.5) is 11.4 Å². The van der Waals surface area contributed by atoms with Gasteiger partial charge in [-0.2, -0.15) is 0 Å². The Labute approximate surface area is 150 Å². The summed E-state index contributed by atoms with van der Waals surface area (Å²) in [6.45, 7) is 3.22. The van der Waals surface area contributed by atoms with E-state index in [-0.39, 0.29) is 5.78 Å². The number of nitrogens with one attached hydrogen (secondary N) is 2. The van der Waals surface area contributed by atoms with E-state index in [2.05, 4.69) is 10.6 Å². The fraction of sp³-hybridized carbons (Fsp3) is 0.167. The molecule has 2 aromatic rings. The molecule has 0 saturated heterocycles. The van der Waals surface area contributed by atoms with Crippen LogP contribution in [0.15, 0.2) is 36.4 Å². The molecule has 0 bridgehead atoms. The van der Waals surface area contributed by atoms with Crippen LogP contribution in [-0.4, -0.2) is 24.7 Å². The third-order valence-corrected chi connectivity index (χ3v) is 3.89. The maximum Gasteiger partial charge on any atom is 0.314 e. The predicted molar refractivity (Wildman–Crippen MR) is 96.4 cm³/mol. The van der Waals surface area contributed by atoms with Crippen molar-refractivity contribution in [2.75, 3.05) is 17.7 Å². The molecule has 2 aromatic carbocycles. The van der Waals surface area contributed by atoms with Gasteiger partial charge >= 0.3 is 11.8 Å². The molecule has 6 nitrogen and oxygen atoms in total.